The van der Waals surface area contributed by atoms with E-state index in [4.69, 9.17) is 10.5 Å². The predicted octanol–water partition coefficient (Wildman–Crippen LogP) is 3.09. The Morgan fingerprint density at radius 1 is 1.38 bits per heavy atom. The quantitative estimate of drug-likeness (QED) is 0.842. The Labute approximate surface area is 94.4 Å². The van der Waals surface area contributed by atoms with E-state index in [0.717, 1.165) is 0 Å². The van der Waals surface area contributed by atoms with Crippen molar-refractivity contribution < 1.29 is 13.5 Å². The Hall–Kier alpha value is -1.16. The molecule has 0 saturated carbocycles. The van der Waals surface area contributed by atoms with Gasteiger partial charge in [-0.2, -0.15) is 0 Å². The predicted molar refractivity (Wildman–Crippen MR) is 60.0 cm³/mol. The summed E-state index contributed by atoms with van der Waals surface area (Å²) in [6.45, 7) is 2.36. The first-order valence-corrected chi connectivity index (χ1v) is 5.26. The van der Waals surface area contributed by atoms with Crippen molar-refractivity contribution in [3.05, 3.63) is 29.3 Å². The van der Waals surface area contributed by atoms with Gasteiger partial charge >= 0.3 is 0 Å². The minimum atomic E-state index is -2.48. The molecule has 1 atom stereocenters. The van der Waals surface area contributed by atoms with Gasteiger partial charge in [-0.25, -0.2) is 8.78 Å². The summed E-state index contributed by atoms with van der Waals surface area (Å²) in [5.41, 5.74) is 6.07. The maximum absolute atomic E-state index is 12.9. The summed E-state index contributed by atoms with van der Waals surface area (Å²) >= 11 is 0. The number of hydrogen-bond donors (Lipinski definition) is 1. The molecule has 1 aromatic carbocycles. The zero-order valence-electron chi connectivity index (χ0n) is 9.54. The number of benzene rings is 1. The molecule has 0 aliphatic carbocycles. The lowest BCUT2D eigenvalue weighted by Gasteiger charge is -2.18. The third kappa shape index (κ3) is 2.70. The van der Waals surface area contributed by atoms with Crippen molar-refractivity contribution in [3.63, 3.8) is 0 Å². The van der Waals surface area contributed by atoms with E-state index in [1.807, 2.05) is 6.92 Å². The van der Waals surface area contributed by atoms with E-state index in [9.17, 15) is 8.78 Å². The fourth-order valence-electron chi connectivity index (χ4n) is 1.85. The van der Waals surface area contributed by atoms with Crippen molar-refractivity contribution in [2.24, 2.45) is 5.73 Å². The molecule has 1 unspecified atom stereocenters. The second kappa shape index (κ2) is 5.80. The molecule has 0 saturated heterocycles. The highest BCUT2D eigenvalue weighted by Crippen LogP contribution is 2.36. The van der Waals surface area contributed by atoms with Gasteiger partial charge in [-0.3, -0.25) is 0 Å². The van der Waals surface area contributed by atoms with Crippen LogP contribution < -0.4 is 10.5 Å². The third-order valence-electron chi connectivity index (χ3n) is 2.65. The number of halogens is 2. The molecule has 2 nitrogen and oxygen atoms in total. The average molecular weight is 229 g/mol. The van der Waals surface area contributed by atoms with Crippen LogP contribution in [0.25, 0.3) is 0 Å². The Balaban J connectivity index is 3.18. The van der Waals surface area contributed by atoms with Gasteiger partial charge in [-0.05, 0) is 24.9 Å². The summed E-state index contributed by atoms with van der Waals surface area (Å²) in [6.07, 6.45) is -1.81. The molecule has 2 N–H and O–H groups in total. The maximum Gasteiger partial charge on any atom is 0.264 e. The van der Waals surface area contributed by atoms with Crippen LogP contribution in [0.1, 0.15) is 36.8 Å². The van der Waals surface area contributed by atoms with Crippen LogP contribution >= 0.6 is 0 Å². The van der Waals surface area contributed by atoms with Crippen LogP contribution in [0.2, 0.25) is 0 Å². The van der Waals surface area contributed by atoms with Crippen molar-refractivity contribution in [1.29, 1.82) is 0 Å². The fourth-order valence-corrected chi connectivity index (χ4v) is 1.85. The van der Waals surface area contributed by atoms with Gasteiger partial charge in [0, 0.05) is 11.1 Å². The van der Waals surface area contributed by atoms with Crippen LogP contribution in [0.15, 0.2) is 18.2 Å². The largest absolute Gasteiger partial charge is 0.496 e. The summed E-state index contributed by atoms with van der Waals surface area (Å²) in [5.74, 6) is 0.490. The molecule has 90 valence electrons. The van der Waals surface area contributed by atoms with E-state index in [2.05, 4.69) is 0 Å². The van der Waals surface area contributed by atoms with Gasteiger partial charge in [0.1, 0.15) is 5.75 Å². The van der Waals surface area contributed by atoms with E-state index < -0.39 is 6.43 Å². The van der Waals surface area contributed by atoms with Crippen LogP contribution in [-0.2, 0) is 0 Å². The third-order valence-corrected chi connectivity index (χ3v) is 2.65. The molecule has 0 heterocycles. The second-order valence-electron chi connectivity index (χ2n) is 3.74. The molecule has 1 aromatic rings. The van der Waals surface area contributed by atoms with Gasteiger partial charge in [0.25, 0.3) is 6.43 Å². The molecule has 0 amide bonds. The Morgan fingerprint density at radius 2 is 2.06 bits per heavy atom. The first-order valence-electron chi connectivity index (χ1n) is 5.26. The van der Waals surface area contributed by atoms with Gasteiger partial charge in [0.15, 0.2) is 0 Å². The lowest BCUT2D eigenvalue weighted by molar-refractivity contribution is 0.149. The van der Waals surface area contributed by atoms with E-state index in [-0.39, 0.29) is 11.5 Å². The second-order valence-corrected chi connectivity index (χ2v) is 3.74. The standard InChI is InChI=1S/C12H17F2NO/c1-8(6-7-15)11-9(12(13)14)4-3-5-10(11)16-2/h3-5,8,12H,6-7,15H2,1-2H3. The van der Waals surface area contributed by atoms with Crippen LogP contribution in [-0.4, -0.2) is 13.7 Å². The molecule has 0 bridgehead atoms. The lowest BCUT2D eigenvalue weighted by Crippen LogP contribution is -2.08. The number of hydrogen-bond acceptors (Lipinski definition) is 2. The summed E-state index contributed by atoms with van der Waals surface area (Å²) in [5, 5.41) is 0. The number of rotatable bonds is 5. The van der Waals surface area contributed by atoms with Gasteiger partial charge < -0.3 is 10.5 Å². The van der Waals surface area contributed by atoms with E-state index in [0.29, 0.717) is 24.3 Å². The highest BCUT2D eigenvalue weighted by Gasteiger charge is 2.20. The molecule has 0 spiro atoms. The summed E-state index contributed by atoms with van der Waals surface area (Å²) in [4.78, 5) is 0. The fraction of sp³-hybridized carbons (Fsp3) is 0.500. The summed E-state index contributed by atoms with van der Waals surface area (Å²) in [7, 11) is 1.49. The SMILES string of the molecule is COc1cccc(C(F)F)c1C(C)CCN. The summed E-state index contributed by atoms with van der Waals surface area (Å²) < 4.78 is 30.8. The molecule has 4 heteroatoms. The monoisotopic (exact) mass is 229 g/mol. The number of ether oxygens (including phenoxy) is 1. The number of nitrogens with two attached hydrogens (primary N) is 1. The molecular formula is C12H17F2NO. The molecular weight excluding hydrogens is 212 g/mol. The molecule has 16 heavy (non-hydrogen) atoms. The van der Waals surface area contributed by atoms with Gasteiger partial charge in [-0.15, -0.1) is 0 Å². The highest BCUT2D eigenvalue weighted by atomic mass is 19.3. The normalized spacial score (nSPS) is 12.9. The number of alkyl halides is 2. The van der Waals surface area contributed by atoms with E-state index >= 15 is 0 Å². The van der Waals surface area contributed by atoms with Crippen LogP contribution in [0.4, 0.5) is 8.78 Å². The molecule has 0 aliphatic rings. The van der Waals surface area contributed by atoms with Gasteiger partial charge in [0.05, 0.1) is 7.11 Å². The zero-order chi connectivity index (χ0) is 12.1. The minimum Gasteiger partial charge on any atom is -0.496 e. The van der Waals surface area contributed by atoms with Crippen LogP contribution in [0.3, 0.4) is 0 Å². The van der Waals surface area contributed by atoms with Crippen molar-refractivity contribution in [1.82, 2.24) is 0 Å². The van der Waals surface area contributed by atoms with Gasteiger partial charge in [0.2, 0.25) is 0 Å². The Bertz CT molecular complexity index is 342. The first kappa shape index (κ1) is 12.9. The molecule has 0 radical (unpaired) electrons. The van der Waals surface area contributed by atoms with Crippen molar-refractivity contribution >= 4 is 0 Å². The summed E-state index contributed by atoms with van der Waals surface area (Å²) in [6, 6.07) is 4.72. The topological polar surface area (TPSA) is 35.2 Å². The highest BCUT2D eigenvalue weighted by molar-refractivity contribution is 5.43. The Kier molecular flexibility index (Phi) is 4.68. The smallest absolute Gasteiger partial charge is 0.264 e. The molecule has 0 fully saturated rings. The van der Waals surface area contributed by atoms with Crippen LogP contribution in [0.5, 0.6) is 5.75 Å². The minimum absolute atomic E-state index is 0.0230. The van der Waals surface area contributed by atoms with Crippen molar-refractivity contribution in [2.45, 2.75) is 25.7 Å². The maximum atomic E-state index is 12.9. The van der Waals surface area contributed by atoms with Crippen molar-refractivity contribution in [2.75, 3.05) is 13.7 Å². The van der Waals surface area contributed by atoms with E-state index in [1.54, 1.807) is 12.1 Å². The zero-order valence-corrected chi connectivity index (χ0v) is 9.54. The number of methoxy groups -OCH3 is 1. The van der Waals surface area contributed by atoms with E-state index in [1.165, 1.54) is 13.2 Å². The van der Waals surface area contributed by atoms with Gasteiger partial charge in [-0.1, -0.05) is 19.1 Å². The Morgan fingerprint density at radius 3 is 2.56 bits per heavy atom. The first-order chi connectivity index (χ1) is 7.61. The molecule has 0 aliphatic heterocycles. The van der Waals surface area contributed by atoms with Crippen LogP contribution in [0, 0.1) is 0 Å². The molecule has 1 rings (SSSR count). The van der Waals surface area contributed by atoms with Crippen molar-refractivity contribution in [3.8, 4) is 5.75 Å². The lowest BCUT2D eigenvalue weighted by atomic mass is 9.92. The average Bonchev–Trinajstić information content (AvgIpc) is 2.28. The molecule has 0 aromatic heterocycles.